The van der Waals surface area contributed by atoms with Crippen molar-refractivity contribution < 1.29 is 32.3 Å². The minimum atomic E-state index is -4.07. The van der Waals surface area contributed by atoms with Gasteiger partial charge in [0.1, 0.15) is 11.4 Å². The van der Waals surface area contributed by atoms with Crippen LogP contribution >= 0.6 is 23.2 Å². The van der Waals surface area contributed by atoms with Gasteiger partial charge < -0.3 is 24.0 Å². The number of aryl methyl sites for hydroxylation is 2. The molecule has 0 aliphatic carbocycles. The summed E-state index contributed by atoms with van der Waals surface area (Å²) < 4.78 is 47.0. The standard InChI is InChI=1S/C34H46Cl2N4O7S/c1-21-17-40(22(2)20-41)34(42)28-16-27(38-48(43,44)33-24(4)37-47-25(33)5)11-13-31(28)46-23(3)9-7-8-14-45-32(21)19-39(6)18-26-10-12-29(35)30(36)15-26/h10-13,15-16,21-23,32,38,41H,7-9,14,17-20H2,1-6H3/t21-,22+,23-,32+/m1/s1. The van der Waals surface area contributed by atoms with Gasteiger partial charge in [-0.1, -0.05) is 41.3 Å². The zero-order valence-corrected chi connectivity index (χ0v) is 30.7. The van der Waals surface area contributed by atoms with Gasteiger partial charge in [0.25, 0.3) is 15.9 Å². The van der Waals surface area contributed by atoms with Crippen LogP contribution in [0.3, 0.4) is 0 Å². The number of hydrogen-bond acceptors (Lipinski definition) is 9. The summed E-state index contributed by atoms with van der Waals surface area (Å²) >= 11 is 12.4. The fourth-order valence-electron chi connectivity index (χ4n) is 5.83. The van der Waals surface area contributed by atoms with Crippen LogP contribution < -0.4 is 9.46 Å². The SMILES string of the molecule is Cc1noc(C)c1S(=O)(=O)Nc1ccc2c(c1)C(=O)N([C@@H](C)CO)C[C@@H](C)[C@H](CN(C)Cc1ccc(Cl)c(Cl)c1)OCCCC[C@@H](C)O2. The molecule has 0 bridgehead atoms. The second-order valence-corrected chi connectivity index (χ2v) is 15.1. The van der Waals surface area contributed by atoms with Gasteiger partial charge in [0, 0.05) is 37.8 Å². The third kappa shape index (κ3) is 9.64. The minimum Gasteiger partial charge on any atom is -0.490 e. The van der Waals surface area contributed by atoms with Crippen molar-refractivity contribution in [3.63, 3.8) is 0 Å². The predicted octanol–water partition coefficient (Wildman–Crippen LogP) is 6.33. The Balaban J connectivity index is 1.65. The number of hydrogen-bond donors (Lipinski definition) is 2. The zero-order chi connectivity index (χ0) is 35.2. The van der Waals surface area contributed by atoms with E-state index in [-0.39, 0.29) is 58.9 Å². The lowest BCUT2D eigenvalue weighted by molar-refractivity contribution is -0.0177. The number of sulfonamides is 1. The van der Waals surface area contributed by atoms with E-state index in [2.05, 4.69) is 14.8 Å². The lowest BCUT2D eigenvalue weighted by atomic mass is 10.0. The largest absolute Gasteiger partial charge is 0.490 e. The topological polar surface area (TPSA) is 134 Å². The third-order valence-corrected chi connectivity index (χ3v) is 10.8. The van der Waals surface area contributed by atoms with E-state index in [9.17, 15) is 18.3 Å². The maximum Gasteiger partial charge on any atom is 0.267 e. The number of aliphatic hydroxyl groups is 1. The molecule has 264 valence electrons. The molecule has 2 aromatic carbocycles. The van der Waals surface area contributed by atoms with Crippen LogP contribution in [0.2, 0.25) is 10.0 Å². The Morgan fingerprint density at radius 1 is 1.12 bits per heavy atom. The number of benzene rings is 2. The molecule has 2 N–H and O–H groups in total. The van der Waals surface area contributed by atoms with Crippen LogP contribution in [0.1, 0.15) is 67.4 Å². The third-order valence-electron chi connectivity index (χ3n) is 8.47. The highest BCUT2D eigenvalue weighted by atomic mass is 35.5. The van der Waals surface area contributed by atoms with E-state index in [1.165, 1.54) is 13.0 Å². The number of amides is 1. The van der Waals surface area contributed by atoms with E-state index in [1.807, 2.05) is 33.0 Å². The molecule has 2 heterocycles. The number of ether oxygens (including phenoxy) is 2. The summed E-state index contributed by atoms with van der Waals surface area (Å²) in [6, 6.07) is 9.68. The molecule has 0 unspecified atom stereocenters. The van der Waals surface area contributed by atoms with Gasteiger partial charge in [-0.05, 0) is 89.9 Å². The van der Waals surface area contributed by atoms with E-state index < -0.39 is 22.0 Å². The van der Waals surface area contributed by atoms with Crippen LogP contribution in [0.4, 0.5) is 5.69 Å². The average Bonchev–Trinajstić information content (AvgIpc) is 3.38. The summed E-state index contributed by atoms with van der Waals surface area (Å²) in [6.07, 6.45) is 1.96. The first-order chi connectivity index (χ1) is 22.7. The smallest absolute Gasteiger partial charge is 0.267 e. The Kier molecular flexibility index (Phi) is 13.2. The maximum atomic E-state index is 14.4. The van der Waals surface area contributed by atoms with Gasteiger partial charge in [0.15, 0.2) is 10.7 Å². The number of carbonyl (C=O) groups excluding carboxylic acids is 1. The summed E-state index contributed by atoms with van der Waals surface area (Å²) in [5.41, 5.74) is 1.59. The van der Waals surface area contributed by atoms with Crippen molar-refractivity contribution >= 4 is 44.8 Å². The summed E-state index contributed by atoms with van der Waals surface area (Å²) in [5.74, 6) is -0.0414. The van der Waals surface area contributed by atoms with Gasteiger partial charge in [-0.25, -0.2) is 8.42 Å². The van der Waals surface area contributed by atoms with E-state index >= 15 is 0 Å². The van der Waals surface area contributed by atoms with Crippen LogP contribution in [-0.4, -0.2) is 86.0 Å². The highest BCUT2D eigenvalue weighted by molar-refractivity contribution is 7.92. The van der Waals surface area contributed by atoms with Crippen molar-refractivity contribution in [2.75, 3.05) is 38.1 Å². The van der Waals surface area contributed by atoms with Gasteiger partial charge in [-0.2, -0.15) is 0 Å². The Morgan fingerprint density at radius 2 is 1.88 bits per heavy atom. The number of nitrogens with zero attached hydrogens (tertiary/aromatic N) is 3. The molecule has 1 aromatic heterocycles. The van der Waals surface area contributed by atoms with Crippen molar-refractivity contribution in [3.05, 3.63) is 69.0 Å². The summed E-state index contributed by atoms with van der Waals surface area (Å²) in [4.78, 5) is 18.1. The molecule has 0 radical (unpaired) electrons. The molecule has 48 heavy (non-hydrogen) atoms. The lowest BCUT2D eigenvalue weighted by Gasteiger charge is -2.36. The van der Waals surface area contributed by atoms with Gasteiger partial charge >= 0.3 is 0 Å². The Hall–Kier alpha value is -2.87. The Bertz CT molecular complexity index is 1650. The highest BCUT2D eigenvalue weighted by Gasteiger charge is 2.31. The van der Waals surface area contributed by atoms with Crippen molar-refractivity contribution in [1.82, 2.24) is 15.0 Å². The molecule has 0 spiro atoms. The van der Waals surface area contributed by atoms with Crippen molar-refractivity contribution in [1.29, 1.82) is 0 Å². The molecule has 0 fully saturated rings. The van der Waals surface area contributed by atoms with Gasteiger partial charge in [-0.3, -0.25) is 14.4 Å². The van der Waals surface area contributed by atoms with Crippen LogP contribution in [0.15, 0.2) is 45.8 Å². The van der Waals surface area contributed by atoms with Crippen LogP contribution in [-0.2, 0) is 21.3 Å². The molecular weight excluding hydrogens is 679 g/mol. The molecular formula is C34H46Cl2N4O7S. The van der Waals surface area contributed by atoms with E-state index in [0.717, 1.165) is 24.8 Å². The van der Waals surface area contributed by atoms with Crippen molar-refractivity contribution in [2.24, 2.45) is 5.92 Å². The number of fused-ring (bicyclic) bond motifs is 1. The molecule has 4 rings (SSSR count). The van der Waals surface area contributed by atoms with Crippen molar-refractivity contribution in [2.45, 2.75) is 83.6 Å². The highest BCUT2D eigenvalue weighted by Crippen LogP contribution is 2.31. The fourth-order valence-corrected chi connectivity index (χ4v) is 7.54. The quantitative estimate of drug-likeness (QED) is 0.260. The molecule has 14 heteroatoms. The molecule has 0 saturated heterocycles. The molecule has 1 aliphatic rings. The number of carbonyl (C=O) groups is 1. The average molecular weight is 726 g/mol. The second kappa shape index (κ2) is 16.7. The van der Waals surface area contributed by atoms with Gasteiger partial charge in [-0.15, -0.1) is 0 Å². The summed E-state index contributed by atoms with van der Waals surface area (Å²) in [7, 11) is -2.07. The lowest BCUT2D eigenvalue weighted by Crippen LogP contribution is -2.47. The predicted molar refractivity (Wildman–Crippen MR) is 186 cm³/mol. The second-order valence-electron chi connectivity index (χ2n) is 12.7. The molecule has 11 nitrogen and oxygen atoms in total. The first-order valence-corrected chi connectivity index (χ1v) is 18.4. The van der Waals surface area contributed by atoms with Crippen LogP contribution in [0, 0.1) is 19.8 Å². The molecule has 1 aliphatic heterocycles. The molecule has 1 amide bonds. The van der Waals surface area contributed by atoms with Crippen LogP contribution in [0.5, 0.6) is 5.75 Å². The number of aromatic nitrogens is 1. The monoisotopic (exact) mass is 724 g/mol. The Labute approximate surface area is 293 Å². The molecule has 4 atom stereocenters. The number of likely N-dealkylation sites (N-methyl/N-ethyl adjacent to an activating group) is 1. The summed E-state index contributed by atoms with van der Waals surface area (Å²) in [6.45, 7) is 10.6. The zero-order valence-electron chi connectivity index (χ0n) is 28.3. The molecule has 3 aromatic rings. The normalized spacial score (nSPS) is 20.6. The maximum absolute atomic E-state index is 14.4. The van der Waals surface area contributed by atoms with Crippen LogP contribution in [0.25, 0.3) is 0 Å². The number of rotatable bonds is 9. The minimum absolute atomic E-state index is 0.0571. The number of aliphatic hydroxyl groups excluding tert-OH is 1. The van der Waals surface area contributed by atoms with Crippen molar-refractivity contribution in [3.8, 4) is 5.75 Å². The van der Waals surface area contributed by atoms with E-state index in [1.54, 1.807) is 36.9 Å². The fraction of sp³-hybridized carbons (Fsp3) is 0.529. The van der Waals surface area contributed by atoms with E-state index in [0.29, 0.717) is 35.5 Å². The Morgan fingerprint density at radius 3 is 2.54 bits per heavy atom. The van der Waals surface area contributed by atoms with E-state index in [4.69, 9.17) is 37.2 Å². The first kappa shape index (κ1) is 37.9. The number of halogens is 2. The number of anilines is 1. The number of nitrogens with one attached hydrogen (secondary N) is 1. The molecule has 0 saturated carbocycles. The van der Waals surface area contributed by atoms with Gasteiger partial charge in [0.05, 0.1) is 40.5 Å². The first-order valence-electron chi connectivity index (χ1n) is 16.1. The summed E-state index contributed by atoms with van der Waals surface area (Å²) in [5, 5.41) is 15.0. The van der Waals surface area contributed by atoms with Gasteiger partial charge in [0.2, 0.25) is 0 Å².